The molecule has 2 aromatic carbocycles. The van der Waals surface area contributed by atoms with E-state index in [1.165, 1.54) is 19.1 Å². The van der Waals surface area contributed by atoms with Gasteiger partial charge in [0.15, 0.2) is 29.4 Å². The molecule has 4 aliphatic carbocycles. The number of Topliss-reactive ketones (excluding diaryl/α,β-unsaturated/α-hetero) is 1. The fourth-order valence-electron chi connectivity index (χ4n) is 9.81. The fraction of sp³-hybridized carbons (Fsp3) is 0.500. The van der Waals surface area contributed by atoms with E-state index >= 15 is 8.78 Å². The number of hydrogen-bond acceptors (Lipinski definition) is 8. The van der Waals surface area contributed by atoms with Gasteiger partial charge in [0.1, 0.15) is 6.17 Å². The lowest BCUT2D eigenvalue weighted by molar-refractivity contribution is -0.249. The van der Waals surface area contributed by atoms with E-state index in [1.807, 2.05) is 0 Å². The molecule has 1 saturated heterocycles. The third-order valence-corrected chi connectivity index (χ3v) is 12.6. The van der Waals surface area contributed by atoms with Crippen LogP contribution in [-0.4, -0.2) is 64.7 Å². The molecule has 4 fully saturated rings. The minimum atomic E-state index is -2.33. The van der Waals surface area contributed by atoms with Crippen molar-refractivity contribution in [2.45, 2.75) is 88.8 Å². The van der Waals surface area contributed by atoms with Gasteiger partial charge in [-0.05, 0) is 87.4 Å². The molecule has 1 aliphatic heterocycles. The number of rotatable bonds is 7. The molecule has 2 N–H and O–H groups in total. The van der Waals surface area contributed by atoms with Crippen LogP contribution in [-0.2, 0) is 35.0 Å². The number of benzene rings is 2. The summed E-state index contributed by atoms with van der Waals surface area (Å²) in [6.07, 6.45) is -0.912. The Morgan fingerprint density at radius 3 is 2.46 bits per heavy atom. The van der Waals surface area contributed by atoms with Crippen LogP contribution in [0.3, 0.4) is 0 Å². The molecule has 1 heterocycles. The predicted molar refractivity (Wildman–Crippen MR) is 183 cm³/mol. The number of nitrogens with one attached hydrogen (secondary N) is 1. The highest BCUT2D eigenvalue weighted by atomic mass is 35.5. The number of ketones is 2. The van der Waals surface area contributed by atoms with E-state index < -0.39 is 82.2 Å². The highest BCUT2D eigenvalue weighted by Crippen LogP contribution is 2.72. The van der Waals surface area contributed by atoms with Crippen LogP contribution >= 0.6 is 23.2 Å². The number of carbonyl (C=O) groups is 3. The van der Waals surface area contributed by atoms with E-state index in [2.05, 4.69) is 5.32 Å². The molecule has 0 bridgehead atoms. The van der Waals surface area contributed by atoms with Crippen LogP contribution in [0.25, 0.3) is 0 Å². The predicted octanol–water partition coefficient (Wildman–Crippen LogP) is 7.21. The number of allylic oxidation sites excluding steroid dienone is 4. The van der Waals surface area contributed by atoms with Crippen LogP contribution < -0.4 is 5.32 Å². The van der Waals surface area contributed by atoms with Crippen molar-refractivity contribution in [2.24, 2.45) is 22.7 Å². The Bertz CT molecular complexity index is 1830. The lowest BCUT2D eigenvalue weighted by Crippen LogP contribution is -2.71. The van der Waals surface area contributed by atoms with Crippen molar-refractivity contribution in [1.82, 2.24) is 0 Å². The maximum atomic E-state index is 17.7. The van der Waals surface area contributed by atoms with Crippen molar-refractivity contribution in [3.05, 3.63) is 81.9 Å². The first-order valence-electron chi connectivity index (χ1n) is 16.8. The average Bonchev–Trinajstić information content (AvgIpc) is 3.46. The van der Waals surface area contributed by atoms with E-state index in [1.54, 1.807) is 63.2 Å². The summed E-state index contributed by atoms with van der Waals surface area (Å²) in [7, 11) is 0. The fourth-order valence-corrected chi connectivity index (χ4v) is 10.3. The van der Waals surface area contributed by atoms with Crippen molar-refractivity contribution in [3.63, 3.8) is 0 Å². The van der Waals surface area contributed by atoms with Crippen molar-refractivity contribution in [2.75, 3.05) is 11.9 Å². The number of carbonyl (C=O) groups excluding carboxylic acids is 3. The van der Waals surface area contributed by atoms with Crippen LogP contribution in [0.5, 0.6) is 0 Å². The van der Waals surface area contributed by atoms with Gasteiger partial charge in [0.25, 0.3) is 0 Å². The van der Waals surface area contributed by atoms with Crippen LogP contribution in [0.4, 0.5) is 20.2 Å². The zero-order chi connectivity index (χ0) is 36.0. The van der Waals surface area contributed by atoms with E-state index in [0.29, 0.717) is 27.0 Å². The lowest BCUT2D eigenvalue weighted by Gasteiger charge is -2.63. The van der Waals surface area contributed by atoms with Crippen LogP contribution in [0.1, 0.15) is 52.5 Å². The first-order valence-corrected chi connectivity index (χ1v) is 17.5. The highest BCUT2D eigenvalue weighted by molar-refractivity contribution is 6.39. The number of aliphatic hydroxyl groups excluding tert-OH is 1. The minimum Gasteiger partial charge on any atom is -0.457 e. The molecular formula is C38H39Cl2F2NO7. The zero-order valence-electron chi connectivity index (χ0n) is 28.1. The Morgan fingerprint density at radius 1 is 1.04 bits per heavy atom. The molecule has 6 unspecified atom stereocenters. The van der Waals surface area contributed by atoms with Gasteiger partial charge in [-0.15, -0.1) is 0 Å². The molecule has 3 saturated carbocycles. The van der Waals surface area contributed by atoms with Crippen molar-refractivity contribution >= 4 is 52.1 Å². The molecule has 0 radical (unpaired) electrons. The van der Waals surface area contributed by atoms with Crippen molar-refractivity contribution in [3.8, 4) is 0 Å². The average molecular weight is 731 g/mol. The number of aliphatic hydroxyl groups is 1. The van der Waals surface area contributed by atoms with Crippen LogP contribution in [0.2, 0.25) is 10.0 Å². The molecule has 2 aromatic rings. The maximum absolute atomic E-state index is 17.7. The van der Waals surface area contributed by atoms with Gasteiger partial charge >= 0.3 is 5.97 Å². The number of alkyl halides is 2. The first-order chi connectivity index (χ1) is 23.5. The Hall–Kier alpha value is -3.15. The quantitative estimate of drug-likeness (QED) is 0.288. The number of ether oxygens (including phenoxy) is 3. The summed E-state index contributed by atoms with van der Waals surface area (Å²) in [6.45, 7) is 5.95. The van der Waals surface area contributed by atoms with Gasteiger partial charge in [0, 0.05) is 22.4 Å². The summed E-state index contributed by atoms with van der Waals surface area (Å²) < 4.78 is 52.0. The van der Waals surface area contributed by atoms with Crippen molar-refractivity contribution in [1.29, 1.82) is 0 Å². The first kappa shape index (κ1) is 35.3. The van der Waals surface area contributed by atoms with Gasteiger partial charge in [-0.3, -0.25) is 14.4 Å². The second-order valence-electron chi connectivity index (χ2n) is 15.1. The summed E-state index contributed by atoms with van der Waals surface area (Å²) in [5.74, 6) is -4.60. The summed E-state index contributed by atoms with van der Waals surface area (Å²) in [6, 6.07) is 12.1. The molecule has 50 heavy (non-hydrogen) atoms. The van der Waals surface area contributed by atoms with Crippen molar-refractivity contribution < 1.29 is 42.5 Å². The van der Waals surface area contributed by atoms with Gasteiger partial charge in [0.2, 0.25) is 5.78 Å². The van der Waals surface area contributed by atoms with Gasteiger partial charge in [-0.1, -0.05) is 60.5 Å². The second kappa shape index (κ2) is 12.0. The van der Waals surface area contributed by atoms with Gasteiger partial charge < -0.3 is 24.6 Å². The molecule has 0 spiro atoms. The third kappa shape index (κ3) is 5.04. The Labute approximate surface area is 299 Å². The maximum Gasteiger partial charge on any atom is 0.310 e. The largest absolute Gasteiger partial charge is 0.457 e. The number of hydrogen-bond donors (Lipinski definition) is 2. The molecule has 9 atom stereocenters. The molecular weight excluding hydrogens is 691 g/mol. The Balaban J connectivity index is 1.14. The third-order valence-electron chi connectivity index (χ3n) is 12.0. The molecule has 266 valence electrons. The number of fused-ring (bicyclic) bond motifs is 7. The molecule has 0 amide bonds. The standard InChI is InChI=1S/C38H39Cl2F2NO7/c1-34(2)49-31-17-22-23-16-27(41)24-15-21(44)12-13-35(24,3)37(23,42)29(45)18-36(22,4)38(31,50-34)30(46)19-48-32(47)14-20-8-5-6-11-28(20)43-33-25(39)9-7-10-26(33)40/h5-13,15,22-23,27,29,31,43,45H,14,16-19H2,1-4H3/t22?,23?,27-,29-,31?,35?,36?,37-,38?/m0/s1. The van der Waals surface area contributed by atoms with E-state index in [0.717, 1.165) is 6.08 Å². The van der Waals surface area contributed by atoms with E-state index in [4.69, 9.17) is 37.4 Å². The molecule has 5 aliphatic rings. The van der Waals surface area contributed by atoms with Gasteiger partial charge in [0.05, 0.1) is 34.4 Å². The molecule has 0 aromatic heterocycles. The topological polar surface area (TPSA) is 111 Å². The van der Waals surface area contributed by atoms with Gasteiger partial charge in [-0.2, -0.15) is 0 Å². The molecule has 12 heteroatoms. The summed E-state index contributed by atoms with van der Waals surface area (Å²) in [5, 5.41) is 15.7. The smallest absolute Gasteiger partial charge is 0.310 e. The normalized spacial score (nSPS) is 38.0. The Morgan fingerprint density at radius 2 is 1.74 bits per heavy atom. The summed E-state index contributed by atoms with van der Waals surface area (Å²) in [5.41, 5.74) is -5.21. The minimum absolute atomic E-state index is 0.0164. The number of para-hydroxylation sites is 2. The van der Waals surface area contributed by atoms with E-state index in [9.17, 15) is 19.5 Å². The summed E-state index contributed by atoms with van der Waals surface area (Å²) >= 11 is 12.7. The number of esters is 1. The summed E-state index contributed by atoms with van der Waals surface area (Å²) in [4.78, 5) is 39.9. The van der Waals surface area contributed by atoms with Crippen LogP contribution in [0.15, 0.2) is 66.3 Å². The lowest BCUT2D eigenvalue weighted by atomic mass is 9.44. The highest BCUT2D eigenvalue weighted by Gasteiger charge is 2.80. The van der Waals surface area contributed by atoms with E-state index in [-0.39, 0.29) is 31.3 Å². The van der Waals surface area contributed by atoms with Gasteiger partial charge in [-0.25, -0.2) is 8.78 Å². The Kier molecular flexibility index (Phi) is 8.43. The zero-order valence-corrected chi connectivity index (χ0v) is 29.6. The number of anilines is 2. The SMILES string of the molecule is CC1(C)OC2CC3C4C[C@H](F)C5=CC(=O)C=CC5(C)[C@@]4(F)[C@@H](O)CC3(C)C2(C(=O)COC(=O)Cc2ccccc2Nc2c(Cl)cccc2Cl)O1. The number of halogens is 4. The van der Waals surface area contributed by atoms with Crippen LogP contribution in [0, 0.1) is 22.7 Å². The second-order valence-corrected chi connectivity index (χ2v) is 15.9. The monoisotopic (exact) mass is 729 g/mol. The molecule has 7 rings (SSSR count). The molecule has 8 nitrogen and oxygen atoms in total.